The van der Waals surface area contributed by atoms with Crippen molar-refractivity contribution < 1.29 is 24.5 Å². The zero-order valence-corrected chi connectivity index (χ0v) is 12.9. The number of fused-ring (bicyclic) bond motifs is 1. The first-order chi connectivity index (χ1) is 12.0. The summed E-state index contributed by atoms with van der Waals surface area (Å²) in [5.74, 6) is -0.0951. The third-order valence-electron chi connectivity index (χ3n) is 4.32. The third-order valence-corrected chi connectivity index (χ3v) is 4.32. The Kier molecular flexibility index (Phi) is 3.62. The van der Waals surface area contributed by atoms with Crippen molar-refractivity contribution in [1.29, 1.82) is 0 Å². The van der Waals surface area contributed by atoms with Gasteiger partial charge in [-0.3, -0.25) is 9.78 Å². The van der Waals surface area contributed by atoms with E-state index in [1.807, 2.05) is 0 Å². The minimum absolute atomic E-state index is 0.0951. The van der Waals surface area contributed by atoms with Gasteiger partial charge in [0.15, 0.2) is 11.9 Å². The van der Waals surface area contributed by atoms with Crippen LogP contribution in [0, 0.1) is 0 Å². The molecule has 132 valence electrons. The number of nitrogens with one attached hydrogen (secondary N) is 1. The van der Waals surface area contributed by atoms with Gasteiger partial charge in [0.1, 0.15) is 18.3 Å². The summed E-state index contributed by atoms with van der Waals surface area (Å²) in [4.78, 5) is 19.0. The average Bonchev–Trinajstić information content (AvgIpc) is 3.27. The number of hydrogen-bond acceptors (Lipinski definition) is 8. The van der Waals surface area contributed by atoms with Crippen molar-refractivity contribution in [3.05, 3.63) is 35.1 Å². The summed E-state index contributed by atoms with van der Waals surface area (Å²) in [6, 6.07) is 1.67. The van der Waals surface area contributed by atoms with Crippen LogP contribution in [0.1, 0.15) is 6.23 Å². The van der Waals surface area contributed by atoms with Crippen LogP contribution in [0.25, 0.3) is 22.2 Å². The molecule has 0 saturated carbocycles. The molecular weight excluding hydrogens is 332 g/mol. The van der Waals surface area contributed by atoms with Crippen LogP contribution in [0.15, 0.2) is 34.0 Å². The fourth-order valence-electron chi connectivity index (χ4n) is 3.11. The van der Waals surface area contributed by atoms with Crippen LogP contribution in [0.2, 0.25) is 0 Å². The maximum atomic E-state index is 12.4. The van der Waals surface area contributed by atoms with Crippen LogP contribution in [0.4, 0.5) is 5.95 Å². The number of ether oxygens (including phenoxy) is 1. The van der Waals surface area contributed by atoms with Gasteiger partial charge in [-0.15, -0.1) is 0 Å². The number of H-pyrrole nitrogens is 1. The lowest BCUT2D eigenvalue weighted by atomic mass is 10.1. The number of hydrogen-bond donors (Lipinski definition) is 5. The van der Waals surface area contributed by atoms with E-state index in [1.54, 1.807) is 12.3 Å². The average molecular weight is 348 g/mol. The summed E-state index contributed by atoms with van der Waals surface area (Å²) in [5, 5.41) is 29.8. The van der Waals surface area contributed by atoms with Crippen LogP contribution in [-0.4, -0.2) is 54.8 Å². The first-order valence-electron chi connectivity index (χ1n) is 7.56. The molecule has 0 radical (unpaired) electrons. The van der Waals surface area contributed by atoms with Gasteiger partial charge in [0, 0.05) is 17.3 Å². The number of anilines is 1. The fourth-order valence-corrected chi connectivity index (χ4v) is 3.11. The Hall–Kier alpha value is -2.66. The zero-order chi connectivity index (χ0) is 17.7. The quantitative estimate of drug-likeness (QED) is 0.410. The van der Waals surface area contributed by atoms with Crippen molar-refractivity contribution in [2.75, 3.05) is 12.3 Å². The third kappa shape index (κ3) is 2.35. The lowest BCUT2D eigenvalue weighted by Crippen LogP contribution is -2.33. The van der Waals surface area contributed by atoms with Gasteiger partial charge >= 0.3 is 0 Å². The van der Waals surface area contributed by atoms with E-state index < -0.39 is 36.7 Å². The second kappa shape index (κ2) is 5.70. The van der Waals surface area contributed by atoms with Gasteiger partial charge in [-0.1, -0.05) is 0 Å². The molecule has 3 aromatic heterocycles. The first-order valence-corrected chi connectivity index (χ1v) is 7.56. The first kappa shape index (κ1) is 15.8. The number of furan rings is 1. The second-order valence-corrected chi connectivity index (χ2v) is 5.84. The van der Waals surface area contributed by atoms with Crippen LogP contribution >= 0.6 is 0 Å². The molecule has 10 nitrogen and oxygen atoms in total. The summed E-state index contributed by atoms with van der Waals surface area (Å²) in [6.07, 6.45) is -0.0807. The van der Waals surface area contributed by atoms with Crippen molar-refractivity contribution in [3.63, 3.8) is 0 Å². The number of aliphatic hydroxyl groups is 3. The van der Waals surface area contributed by atoms with Gasteiger partial charge < -0.3 is 34.8 Å². The highest BCUT2D eigenvalue weighted by molar-refractivity contribution is 5.93. The maximum Gasteiger partial charge on any atom is 0.262 e. The van der Waals surface area contributed by atoms with E-state index in [1.165, 1.54) is 17.1 Å². The number of aliphatic hydroxyl groups excluding tert-OH is 3. The molecule has 0 aliphatic carbocycles. The van der Waals surface area contributed by atoms with Crippen molar-refractivity contribution in [2.24, 2.45) is 0 Å². The van der Waals surface area contributed by atoms with Gasteiger partial charge in [0.05, 0.1) is 24.5 Å². The minimum Gasteiger partial charge on any atom is -0.472 e. The molecule has 0 unspecified atom stereocenters. The van der Waals surface area contributed by atoms with E-state index in [4.69, 9.17) is 14.9 Å². The normalized spacial score (nSPS) is 26.5. The van der Waals surface area contributed by atoms with E-state index in [2.05, 4.69) is 9.97 Å². The smallest absolute Gasteiger partial charge is 0.262 e. The highest BCUT2D eigenvalue weighted by Gasteiger charge is 2.44. The Morgan fingerprint density at radius 3 is 2.80 bits per heavy atom. The number of rotatable bonds is 3. The van der Waals surface area contributed by atoms with Crippen molar-refractivity contribution in [3.8, 4) is 11.1 Å². The molecule has 1 fully saturated rings. The van der Waals surface area contributed by atoms with E-state index >= 15 is 0 Å². The molecule has 1 aliphatic rings. The molecule has 0 bridgehead atoms. The zero-order valence-electron chi connectivity index (χ0n) is 12.9. The summed E-state index contributed by atoms with van der Waals surface area (Å²) in [7, 11) is 0. The monoisotopic (exact) mass is 348 g/mol. The summed E-state index contributed by atoms with van der Waals surface area (Å²) >= 11 is 0. The summed E-state index contributed by atoms with van der Waals surface area (Å²) in [5.41, 5.74) is 6.52. The minimum atomic E-state index is -1.31. The Bertz CT molecular complexity index is 962. The number of aromatic nitrogens is 3. The molecule has 3 aromatic rings. The van der Waals surface area contributed by atoms with Crippen LogP contribution in [0.3, 0.4) is 0 Å². The largest absolute Gasteiger partial charge is 0.472 e. The number of nitrogens with two attached hydrogens (primary N) is 1. The Balaban J connectivity index is 1.95. The number of aromatic amines is 1. The molecule has 0 aromatic carbocycles. The van der Waals surface area contributed by atoms with Gasteiger partial charge in [0.25, 0.3) is 5.56 Å². The molecule has 0 spiro atoms. The molecule has 6 N–H and O–H groups in total. The summed E-state index contributed by atoms with van der Waals surface area (Å²) in [6.45, 7) is -0.460. The Labute approximate surface area is 140 Å². The van der Waals surface area contributed by atoms with Crippen molar-refractivity contribution in [1.82, 2.24) is 14.5 Å². The Morgan fingerprint density at radius 2 is 2.16 bits per heavy atom. The van der Waals surface area contributed by atoms with Gasteiger partial charge in [0.2, 0.25) is 5.95 Å². The molecule has 0 amide bonds. The number of nitrogen functional groups attached to an aromatic ring is 1. The summed E-state index contributed by atoms with van der Waals surface area (Å²) < 4.78 is 12.0. The standard InChI is InChI=1S/C15H16N4O6/c16-15-17-12-9(13(23)18-15)7(6-1-2-24-5-6)3-19(12)14-11(22)10(21)8(4-20)25-14/h1-3,5,8,10-11,14,20-22H,4H2,(H3,16,17,18,23)/t8-,10-,11-,14-/m1/s1. The van der Waals surface area contributed by atoms with E-state index in [0.717, 1.165) is 0 Å². The fraction of sp³-hybridized carbons (Fsp3) is 0.333. The van der Waals surface area contributed by atoms with E-state index in [0.29, 0.717) is 11.1 Å². The molecule has 4 heterocycles. The molecule has 4 atom stereocenters. The predicted molar refractivity (Wildman–Crippen MR) is 85.5 cm³/mol. The topological polar surface area (TPSA) is 160 Å². The van der Waals surface area contributed by atoms with E-state index in [9.17, 15) is 20.1 Å². The molecule has 1 aliphatic heterocycles. The molecule has 4 rings (SSSR count). The maximum absolute atomic E-state index is 12.4. The second-order valence-electron chi connectivity index (χ2n) is 5.84. The molecule has 1 saturated heterocycles. The highest BCUT2D eigenvalue weighted by Crippen LogP contribution is 2.35. The van der Waals surface area contributed by atoms with Crippen LogP contribution in [0.5, 0.6) is 0 Å². The van der Waals surface area contributed by atoms with Crippen LogP contribution < -0.4 is 11.3 Å². The lowest BCUT2D eigenvalue weighted by molar-refractivity contribution is -0.0508. The SMILES string of the molecule is Nc1nc2c(c(-c3ccoc3)cn2[C@@H]2O[C@H](CO)[C@@H](O)[C@H]2O)c(=O)[nH]1. The molecule has 10 heteroatoms. The van der Waals surface area contributed by atoms with Gasteiger partial charge in [-0.05, 0) is 6.07 Å². The molecule has 25 heavy (non-hydrogen) atoms. The number of nitrogens with zero attached hydrogens (tertiary/aromatic N) is 2. The molecular formula is C15H16N4O6. The van der Waals surface area contributed by atoms with E-state index in [-0.39, 0.29) is 17.0 Å². The van der Waals surface area contributed by atoms with Crippen molar-refractivity contribution >= 4 is 17.0 Å². The van der Waals surface area contributed by atoms with Gasteiger partial charge in [-0.2, -0.15) is 4.98 Å². The highest BCUT2D eigenvalue weighted by atomic mass is 16.6. The van der Waals surface area contributed by atoms with Gasteiger partial charge in [-0.25, -0.2) is 0 Å². The van der Waals surface area contributed by atoms with Crippen LogP contribution in [-0.2, 0) is 4.74 Å². The lowest BCUT2D eigenvalue weighted by Gasteiger charge is -2.17. The Morgan fingerprint density at radius 1 is 1.36 bits per heavy atom. The predicted octanol–water partition coefficient (Wildman–Crippen LogP) is -0.822. The van der Waals surface area contributed by atoms with Crippen molar-refractivity contribution in [2.45, 2.75) is 24.5 Å².